The van der Waals surface area contributed by atoms with Gasteiger partial charge in [0, 0.05) is 28.9 Å². The Bertz CT molecular complexity index is 1050. The molecule has 1 amide bonds. The summed E-state index contributed by atoms with van der Waals surface area (Å²) in [5.74, 6) is -0.151. The minimum absolute atomic E-state index is 0.0481. The minimum Gasteiger partial charge on any atom is -0.382 e. The molecule has 2 saturated carbocycles. The summed E-state index contributed by atoms with van der Waals surface area (Å²) in [5.41, 5.74) is 6.27. The van der Waals surface area contributed by atoms with Gasteiger partial charge in [0.05, 0.1) is 0 Å². The van der Waals surface area contributed by atoms with Crippen LogP contribution < -0.4 is 10.6 Å². The topological polar surface area (TPSA) is 41.1 Å². The van der Waals surface area contributed by atoms with E-state index in [0.717, 1.165) is 59.2 Å². The highest BCUT2D eigenvalue weighted by molar-refractivity contribution is 5.98. The Morgan fingerprint density at radius 1 is 0.912 bits per heavy atom. The zero-order chi connectivity index (χ0) is 24.1. The van der Waals surface area contributed by atoms with Gasteiger partial charge in [0.25, 0.3) is 0 Å². The fraction of sp³-hybridized carbons (Fsp3) is 0.500. The van der Waals surface area contributed by atoms with Crippen LogP contribution in [-0.2, 0) is 4.79 Å². The molecule has 182 valence electrons. The molecule has 2 aromatic carbocycles. The Hall–Kier alpha value is -2.62. The predicted molar refractivity (Wildman–Crippen MR) is 140 cm³/mol. The Morgan fingerprint density at radius 2 is 1.59 bits per heavy atom. The van der Waals surface area contributed by atoms with E-state index >= 15 is 4.39 Å². The summed E-state index contributed by atoms with van der Waals surface area (Å²) in [4.78, 5) is 12.9. The molecule has 0 bridgehead atoms. The molecule has 3 nitrogen and oxygen atoms in total. The number of nitrogens with one attached hydrogen (secondary N) is 2. The maximum absolute atomic E-state index is 15.1. The van der Waals surface area contributed by atoms with E-state index in [1.165, 1.54) is 32.1 Å². The average Bonchev–Trinajstić information content (AvgIpc) is 3.33. The molecule has 4 heteroatoms. The first kappa shape index (κ1) is 24.5. The van der Waals surface area contributed by atoms with Gasteiger partial charge >= 0.3 is 0 Å². The number of amides is 1. The number of carbonyl (C=O) groups excluding carboxylic acids is 1. The third-order valence-corrected chi connectivity index (χ3v) is 7.54. The first-order chi connectivity index (χ1) is 16.4. The van der Waals surface area contributed by atoms with E-state index in [2.05, 4.69) is 22.8 Å². The van der Waals surface area contributed by atoms with Crippen LogP contribution in [0.25, 0.3) is 17.2 Å². The summed E-state index contributed by atoms with van der Waals surface area (Å²) < 4.78 is 15.1. The van der Waals surface area contributed by atoms with E-state index in [9.17, 15) is 4.79 Å². The largest absolute Gasteiger partial charge is 0.382 e. The molecule has 4 rings (SSSR count). The number of hydrogen-bond donors (Lipinski definition) is 2. The van der Waals surface area contributed by atoms with Crippen LogP contribution in [0.1, 0.15) is 87.8 Å². The lowest BCUT2D eigenvalue weighted by atomic mass is 9.93. The van der Waals surface area contributed by atoms with Gasteiger partial charge in [-0.3, -0.25) is 4.79 Å². The van der Waals surface area contributed by atoms with Gasteiger partial charge in [0.2, 0.25) is 5.91 Å². The number of hydrogen-bond acceptors (Lipinski definition) is 2. The van der Waals surface area contributed by atoms with Crippen LogP contribution in [0.2, 0.25) is 0 Å². The number of anilines is 1. The van der Waals surface area contributed by atoms with Crippen molar-refractivity contribution in [3.63, 3.8) is 0 Å². The van der Waals surface area contributed by atoms with E-state index in [4.69, 9.17) is 0 Å². The first-order valence-corrected chi connectivity index (χ1v) is 13.1. The molecule has 0 radical (unpaired) electrons. The Balaban J connectivity index is 1.53. The van der Waals surface area contributed by atoms with Crippen molar-refractivity contribution in [2.24, 2.45) is 0 Å². The molecular formula is C30H39FN2O. The van der Waals surface area contributed by atoms with Crippen molar-refractivity contribution >= 4 is 17.7 Å². The molecule has 0 aromatic heterocycles. The fourth-order valence-corrected chi connectivity index (χ4v) is 5.45. The van der Waals surface area contributed by atoms with Crippen molar-refractivity contribution in [2.75, 3.05) is 5.32 Å². The van der Waals surface area contributed by atoms with Gasteiger partial charge in [-0.25, -0.2) is 4.39 Å². The van der Waals surface area contributed by atoms with Gasteiger partial charge in [-0.05, 0) is 92.5 Å². The lowest BCUT2D eigenvalue weighted by molar-refractivity contribution is -0.118. The zero-order valence-electron chi connectivity index (χ0n) is 21.0. The average molecular weight is 463 g/mol. The zero-order valence-corrected chi connectivity index (χ0v) is 21.0. The maximum Gasteiger partial charge on any atom is 0.247 e. The molecule has 2 aliphatic rings. The van der Waals surface area contributed by atoms with Crippen LogP contribution in [0.4, 0.5) is 10.1 Å². The summed E-state index contributed by atoms with van der Waals surface area (Å²) >= 11 is 0. The number of halogens is 1. The van der Waals surface area contributed by atoms with E-state index in [1.54, 1.807) is 6.07 Å². The second kappa shape index (κ2) is 11.2. The predicted octanol–water partition coefficient (Wildman–Crippen LogP) is 7.71. The normalized spacial score (nSPS) is 17.7. The van der Waals surface area contributed by atoms with Gasteiger partial charge in [-0.1, -0.05) is 51.2 Å². The number of benzene rings is 2. The van der Waals surface area contributed by atoms with Crippen LogP contribution in [0.15, 0.2) is 35.9 Å². The lowest BCUT2D eigenvalue weighted by Crippen LogP contribution is -2.36. The molecule has 34 heavy (non-hydrogen) atoms. The molecule has 0 spiro atoms. The first-order valence-electron chi connectivity index (χ1n) is 13.1. The third kappa shape index (κ3) is 5.89. The summed E-state index contributed by atoms with van der Waals surface area (Å²) in [5, 5.41) is 6.71. The smallest absolute Gasteiger partial charge is 0.247 e. The number of aryl methyl sites for hydroxylation is 2. The molecule has 0 atom stereocenters. The maximum atomic E-state index is 15.1. The number of rotatable bonds is 7. The molecule has 0 unspecified atom stereocenters. The van der Waals surface area contributed by atoms with Crippen LogP contribution >= 0.6 is 0 Å². The van der Waals surface area contributed by atoms with Crippen molar-refractivity contribution in [2.45, 2.75) is 97.1 Å². The van der Waals surface area contributed by atoms with E-state index in [0.29, 0.717) is 24.1 Å². The Morgan fingerprint density at radius 3 is 2.26 bits per heavy atom. The Labute approximate surface area is 204 Å². The van der Waals surface area contributed by atoms with Gasteiger partial charge in [0.15, 0.2) is 0 Å². The van der Waals surface area contributed by atoms with Gasteiger partial charge < -0.3 is 10.6 Å². The van der Waals surface area contributed by atoms with Crippen LogP contribution in [0.3, 0.4) is 0 Å². The van der Waals surface area contributed by atoms with E-state index < -0.39 is 0 Å². The standard InChI is InChI=1S/C30H39FN2O/c1-4-22(30(34)33-25-10-6-5-7-11-25)18-23-16-21(3)28(17-20(23)2)27-15-14-26(19-29(27)31)32-24-12-8-9-13-24/h14-19,24-25,32H,4-13H2,1-3H3,(H,33,34). The van der Waals surface area contributed by atoms with Crippen LogP contribution in [-0.4, -0.2) is 18.0 Å². The van der Waals surface area contributed by atoms with Crippen molar-refractivity contribution in [3.8, 4) is 11.1 Å². The summed E-state index contributed by atoms with van der Waals surface area (Å²) in [7, 11) is 0. The fourth-order valence-electron chi connectivity index (χ4n) is 5.45. The van der Waals surface area contributed by atoms with Gasteiger partial charge in [-0.15, -0.1) is 0 Å². The molecule has 2 aromatic rings. The highest BCUT2D eigenvalue weighted by Crippen LogP contribution is 2.32. The Kier molecular flexibility index (Phi) is 8.07. The highest BCUT2D eigenvalue weighted by atomic mass is 19.1. The number of carbonyl (C=O) groups is 1. The summed E-state index contributed by atoms with van der Waals surface area (Å²) in [6.07, 6.45) is 13.3. The summed E-state index contributed by atoms with van der Waals surface area (Å²) in [6, 6.07) is 10.4. The molecule has 0 saturated heterocycles. The van der Waals surface area contributed by atoms with Crippen LogP contribution in [0.5, 0.6) is 0 Å². The van der Waals surface area contributed by atoms with E-state index in [1.807, 2.05) is 39.0 Å². The second-order valence-electron chi connectivity index (χ2n) is 10.2. The monoisotopic (exact) mass is 462 g/mol. The SMILES string of the molecule is CCC(=Cc1cc(C)c(-c2ccc(NC3CCCC3)cc2F)cc1C)C(=O)NC1CCCCC1. The lowest BCUT2D eigenvalue weighted by Gasteiger charge is -2.23. The van der Waals surface area contributed by atoms with Crippen LogP contribution in [0, 0.1) is 19.7 Å². The summed E-state index contributed by atoms with van der Waals surface area (Å²) in [6.45, 7) is 6.08. The molecule has 2 aliphatic carbocycles. The quantitative estimate of drug-likeness (QED) is 0.414. The highest BCUT2D eigenvalue weighted by Gasteiger charge is 2.19. The van der Waals surface area contributed by atoms with Crippen molar-refractivity contribution < 1.29 is 9.18 Å². The van der Waals surface area contributed by atoms with Crippen molar-refractivity contribution in [1.29, 1.82) is 0 Å². The van der Waals surface area contributed by atoms with Crippen molar-refractivity contribution in [3.05, 3.63) is 58.4 Å². The molecule has 2 N–H and O–H groups in total. The van der Waals surface area contributed by atoms with Crippen molar-refractivity contribution in [1.82, 2.24) is 5.32 Å². The molecular weight excluding hydrogens is 423 g/mol. The van der Waals surface area contributed by atoms with E-state index in [-0.39, 0.29) is 11.7 Å². The third-order valence-electron chi connectivity index (χ3n) is 7.54. The van der Waals surface area contributed by atoms with Gasteiger partial charge in [-0.2, -0.15) is 0 Å². The molecule has 0 aliphatic heterocycles. The molecule has 0 heterocycles. The minimum atomic E-state index is -0.199. The molecule has 2 fully saturated rings. The van der Waals surface area contributed by atoms with Gasteiger partial charge in [0.1, 0.15) is 5.82 Å². The second-order valence-corrected chi connectivity index (χ2v) is 10.2.